The lowest BCUT2D eigenvalue weighted by Crippen LogP contribution is -2.51. The largest absolute Gasteiger partial charge is 0.312 e. The molecule has 2 fully saturated rings. The number of rotatable bonds is 4. The van der Waals surface area contributed by atoms with Crippen molar-refractivity contribution in [1.29, 1.82) is 0 Å². The highest BCUT2D eigenvalue weighted by Gasteiger charge is 2.36. The fraction of sp³-hybridized carbons (Fsp3) is 1.00. The van der Waals surface area contributed by atoms with Crippen molar-refractivity contribution in [3.8, 4) is 0 Å². The minimum Gasteiger partial charge on any atom is -0.312 e. The summed E-state index contributed by atoms with van der Waals surface area (Å²) >= 11 is 0. The lowest BCUT2D eigenvalue weighted by Gasteiger charge is -2.46. The van der Waals surface area contributed by atoms with Crippen molar-refractivity contribution in [2.75, 3.05) is 26.2 Å². The van der Waals surface area contributed by atoms with Gasteiger partial charge in [-0.3, -0.25) is 0 Å². The van der Waals surface area contributed by atoms with Crippen LogP contribution in [0.1, 0.15) is 72.6 Å². The third kappa shape index (κ3) is 4.21. The smallest absolute Gasteiger partial charge is 0.0243 e. The summed E-state index contributed by atoms with van der Waals surface area (Å²) in [6.07, 6.45) is 10.4. The molecule has 1 aliphatic heterocycles. The average Bonchev–Trinajstić information content (AvgIpc) is 2.41. The van der Waals surface area contributed by atoms with E-state index in [0.717, 1.165) is 12.0 Å². The van der Waals surface area contributed by atoms with Crippen molar-refractivity contribution in [1.82, 2.24) is 10.2 Å². The zero-order valence-corrected chi connectivity index (χ0v) is 14.3. The van der Waals surface area contributed by atoms with E-state index in [-0.39, 0.29) is 0 Å². The van der Waals surface area contributed by atoms with E-state index in [1.807, 2.05) is 0 Å². The van der Waals surface area contributed by atoms with Crippen LogP contribution in [0.3, 0.4) is 0 Å². The quantitative estimate of drug-likeness (QED) is 0.835. The molecule has 0 radical (unpaired) electrons. The molecule has 1 saturated heterocycles. The molecular formula is C18H36N2. The molecule has 1 saturated carbocycles. The van der Waals surface area contributed by atoms with Gasteiger partial charge >= 0.3 is 0 Å². The standard InChI is InChI=1S/C18H36N2/c1-5-19-16(17(2,3)4)15-20-13-11-18(12-14-20)9-7-6-8-10-18/h16,19H,5-15H2,1-4H3. The highest BCUT2D eigenvalue weighted by atomic mass is 15.2. The predicted octanol–water partition coefficient (Wildman–Crippen LogP) is 4.06. The first-order valence-electron chi connectivity index (χ1n) is 8.91. The van der Waals surface area contributed by atoms with Crippen molar-refractivity contribution in [2.24, 2.45) is 10.8 Å². The molecule has 0 aromatic rings. The number of hydrogen-bond donors (Lipinski definition) is 1. The van der Waals surface area contributed by atoms with E-state index in [4.69, 9.17) is 0 Å². The Bertz CT molecular complexity index is 276. The maximum Gasteiger partial charge on any atom is 0.0243 e. The van der Waals surface area contributed by atoms with Crippen molar-refractivity contribution >= 4 is 0 Å². The van der Waals surface area contributed by atoms with E-state index in [9.17, 15) is 0 Å². The van der Waals surface area contributed by atoms with Crippen LogP contribution in [0.25, 0.3) is 0 Å². The molecule has 0 aromatic heterocycles. The third-order valence-electron chi connectivity index (χ3n) is 5.77. The molecule has 2 heteroatoms. The number of nitrogens with zero attached hydrogens (tertiary/aromatic N) is 1. The van der Waals surface area contributed by atoms with Crippen molar-refractivity contribution in [3.63, 3.8) is 0 Å². The van der Waals surface area contributed by atoms with Crippen LogP contribution in [0.15, 0.2) is 0 Å². The molecule has 118 valence electrons. The Hall–Kier alpha value is -0.0800. The first-order valence-corrected chi connectivity index (χ1v) is 8.91. The Morgan fingerprint density at radius 1 is 1.00 bits per heavy atom. The predicted molar refractivity (Wildman–Crippen MR) is 88.1 cm³/mol. The van der Waals surface area contributed by atoms with Crippen molar-refractivity contribution in [3.05, 3.63) is 0 Å². The van der Waals surface area contributed by atoms with Crippen LogP contribution in [-0.4, -0.2) is 37.1 Å². The Morgan fingerprint density at radius 3 is 2.10 bits per heavy atom. The normalized spacial score (nSPS) is 25.8. The van der Waals surface area contributed by atoms with Gasteiger partial charge in [-0.2, -0.15) is 0 Å². The Kier molecular flexibility index (Phi) is 5.53. The van der Waals surface area contributed by atoms with Gasteiger partial charge in [-0.05, 0) is 56.1 Å². The summed E-state index contributed by atoms with van der Waals surface area (Å²) in [5, 5.41) is 3.70. The van der Waals surface area contributed by atoms with Crippen LogP contribution in [0.2, 0.25) is 0 Å². The second-order valence-electron chi connectivity index (χ2n) is 8.34. The topological polar surface area (TPSA) is 15.3 Å². The molecule has 1 unspecified atom stereocenters. The summed E-state index contributed by atoms with van der Waals surface area (Å²) in [7, 11) is 0. The van der Waals surface area contributed by atoms with Crippen LogP contribution >= 0.6 is 0 Å². The molecule has 20 heavy (non-hydrogen) atoms. The molecular weight excluding hydrogens is 244 g/mol. The minimum absolute atomic E-state index is 0.357. The minimum atomic E-state index is 0.357. The van der Waals surface area contributed by atoms with Crippen LogP contribution < -0.4 is 5.32 Å². The second-order valence-corrected chi connectivity index (χ2v) is 8.34. The molecule has 2 nitrogen and oxygen atoms in total. The summed E-state index contributed by atoms with van der Waals surface area (Å²) < 4.78 is 0. The number of piperidine rings is 1. The van der Waals surface area contributed by atoms with E-state index in [1.165, 1.54) is 64.6 Å². The van der Waals surface area contributed by atoms with Gasteiger partial charge in [0.2, 0.25) is 0 Å². The number of likely N-dealkylation sites (N-methyl/N-ethyl adjacent to an activating group) is 1. The van der Waals surface area contributed by atoms with E-state index in [0.29, 0.717) is 11.5 Å². The molecule has 1 aliphatic carbocycles. The van der Waals surface area contributed by atoms with Crippen LogP contribution in [0, 0.1) is 10.8 Å². The van der Waals surface area contributed by atoms with Gasteiger partial charge in [0.1, 0.15) is 0 Å². The van der Waals surface area contributed by atoms with E-state index < -0.39 is 0 Å². The van der Waals surface area contributed by atoms with E-state index in [2.05, 4.69) is 37.9 Å². The maximum atomic E-state index is 3.70. The maximum absolute atomic E-state index is 3.70. The molecule has 1 atom stereocenters. The molecule has 0 amide bonds. The third-order valence-corrected chi connectivity index (χ3v) is 5.77. The molecule has 0 bridgehead atoms. The van der Waals surface area contributed by atoms with E-state index >= 15 is 0 Å². The van der Waals surface area contributed by atoms with Gasteiger partial charge in [-0.25, -0.2) is 0 Å². The SMILES string of the molecule is CCNC(CN1CCC2(CCCCC2)CC1)C(C)(C)C. The summed E-state index contributed by atoms with van der Waals surface area (Å²) in [5.41, 5.74) is 1.10. The average molecular weight is 280 g/mol. The summed E-state index contributed by atoms with van der Waals surface area (Å²) in [6.45, 7) is 14.3. The van der Waals surface area contributed by atoms with E-state index in [1.54, 1.807) is 0 Å². The Labute approximate surface area is 126 Å². The number of likely N-dealkylation sites (tertiary alicyclic amines) is 1. The first kappa shape index (κ1) is 16.3. The fourth-order valence-corrected chi connectivity index (χ4v) is 4.16. The lowest BCUT2D eigenvalue weighted by atomic mass is 9.68. The van der Waals surface area contributed by atoms with Crippen molar-refractivity contribution in [2.45, 2.75) is 78.7 Å². The summed E-state index contributed by atoms with van der Waals surface area (Å²) in [6, 6.07) is 0.618. The first-order chi connectivity index (χ1) is 9.45. The molecule has 2 aliphatic rings. The molecule has 0 aromatic carbocycles. The van der Waals surface area contributed by atoms with Gasteiger partial charge in [0, 0.05) is 12.6 Å². The van der Waals surface area contributed by atoms with Crippen LogP contribution in [0.5, 0.6) is 0 Å². The van der Waals surface area contributed by atoms with Gasteiger partial charge in [0.25, 0.3) is 0 Å². The highest BCUT2D eigenvalue weighted by molar-refractivity contribution is 4.91. The van der Waals surface area contributed by atoms with Crippen LogP contribution in [0.4, 0.5) is 0 Å². The number of hydrogen-bond acceptors (Lipinski definition) is 2. The summed E-state index contributed by atoms with van der Waals surface area (Å²) in [5.74, 6) is 0. The lowest BCUT2D eigenvalue weighted by molar-refractivity contribution is 0.0539. The van der Waals surface area contributed by atoms with Gasteiger partial charge in [-0.15, -0.1) is 0 Å². The zero-order valence-electron chi connectivity index (χ0n) is 14.3. The molecule has 1 spiro atoms. The van der Waals surface area contributed by atoms with Crippen LogP contribution in [-0.2, 0) is 0 Å². The van der Waals surface area contributed by atoms with Gasteiger partial charge in [-0.1, -0.05) is 47.0 Å². The highest BCUT2D eigenvalue weighted by Crippen LogP contribution is 2.44. The molecule has 1 heterocycles. The zero-order chi connectivity index (χ0) is 14.6. The van der Waals surface area contributed by atoms with Gasteiger partial charge in [0.15, 0.2) is 0 Å². The number of nitrogens with one attached hydrogen (secondary N) is 1. The summed E-state index contributed by atoms with van der Waals surface area (Å²) in [4.78, 5) is 2.72. The Balaban J connectivity index is 1.83. The molecule has 1 N–H and O–H groups in total. The fourth-order valence-electron chi connectivity index (χ4n) is 4.16. The monoisotopic (exact) mass is 280 g/mol. The Morgan fingerprint density at radius 2 is 1.60 bits per heavy atom. The van der Waals surface area contributed by atoms with Crippen molar-refractivity contribution < 1.29 is 0 Å². The van der Waals surface area contributed by atoms with Gasteiger partial charge < -0.3 is 10.2 Å². The molecule has 2 rings (SSSR count). The second kappa shape index (κ2) is 6.79. The van der Waals surface area contributed by atoms with Gasteiger partial charge in [0.05, 0.1) is 0 Å².